The number of benzene rings is 1. The summed E-state index contributed by atoms with van der Waals surface area (Å²) in [4.78, 5) is 10.9. The predicted octanol–water partition coefficient (Wildman–Crippen LogP) is 5.68. The molecule has 2 aliphatic rings. The number of hydrogen-bond donors (Lipinski definition) is 3. The normalized spacial score (nSPS) is 18.2. The van der Waals surface area contributed by atoms with Gasteiger partial charge in [-0.05, 0) is 65.7 Å². The Morgan fingerprint density at radius 3 is 2.46 bits per heavy atom. The summed E-state index contributed by atoms with van der Waals surface area (Å²) < 4.78 is 12.5. The SMILES string of the molecule is CCc1cc(C(CC)(CC)C2=CC3C=C(CNCC(=O)O)C=CC(=C3)O2)ccc1OCC(O)C(C)(C)C. The average Bonchev–Trinajstić information content (AvgIpc) is 2.99. The lowest BCUT2D eigenvalue weighted by Gasteiger charge is -2.37. The molecule has 37 heavy (non-hydrogen) atoms. The van der Waals surface area contributed by atoms with Gasteiger partial charge in [0.1, 0.15) is 23.9 Å². The van der Waals surface area contributed by atoms with E-state index >= 15 is 0 Å². The third kappa shape index (κ3) is 6.93. The van der Waals surface area contributed by atoms with Crippen molar-refractivity contribution >= 4 is 5.97 Å². The number of aliphatic hydroxyl groups is 1. The molecule has 2 unspecified atom stereocenters. The number of ether oxygens (including phenoxy) is 2. The van der Waals surface area contributed by atoms with E-state index in [1.165, 1.54) is 5.56 Å². The third-order valence-corrected chi connectivity index (χ3v) is 7.47. The minimum absolute atomic E-state index is 0.0694. The third-order valence-electron chi connectivity index (χ3n) is 7.47. The largest absolute Gasteiger partial charge is 0.491 e. The molecule has 0 spiro atoms. The Morgan fingerprint density at radius 2 is 1.84 bits per heavy atom. The Morgan fingerprint density at radius 1 is 1.11 bits per heavy atom. The van der Waals surface area contributed by atoms with Gasteiger partial charge in [0.25, 0.3) is 0 Å². The number of aliphatic carboxylic acids is 1. The number of aryl methyl sites for hydroxylation is 1. The van der Waals surface area contributed by atoms with E-state index in [0.717, 1.165) is 47.7 Å². The molecule has 1 aromatic carbocycles. The molecule has 1 aromatic rings. The van der Waals surface area contributed by atoms with E-state index in [4.69, 9.17) is 14.6 Å². The molecule has 0 fully saturated rings. The number of carboxylic acids is 1. The lowest BCUT2D eigenvalue weighted by Crippen LogP contribution is -2.32. The highest BCUT2D eigenvalue weighted by atomic mass is 16.5. The first-order chi connectivity index (χ1) is 17.5. The Bertz CT molecular complexity index is 1090. The summed E-state index contributed by atoms with van der Waals surface area (Å²) in [6, 6.07) is 6.40. The van der Waals surface area contributed by atoms with Crippen LogP contribution in [0.5, 0.6) is 5.75 Å². The van der Waals surface area contributed by atoms with Crippen LogP contribution in [0.3, 0.4) is 0 Å². The van der Waals surface area contributed by atoms with Gasteiger partial charge in [0.05, 0.1) is 18.1 Å². The molecule has 1 heterocycles. The minimum Gasteiger partial charge on any atom is -0.491 e. The monoisotopic (exact) mass is 509 g/mol. The number of rotatable bonds is 12. The number of carboxylic acid groups (broad SMARTS) is 1. The van der Waals surface area contributed by atoms with Crippen molar-refractivity contribution in [3.63, 3.8) is 0 Å². The zero-order valence-corrected chi connectivity index (χ0v) is 23.1. The highest BCUT2D eigenvalue weighted by Crippen LogP contribution is 2.44. The molecule has 6 heteroatoms. The fraction of sp³-hybridized carbons (Fsp3) is 0.516. The Kier molecular flexibility index (Phi) is 9.43. The maximum Gasteiger partial charge on any atom is 0.317 e. The molecule has 2 atom stereocenters. The maximum atomic E-state index is 10.9. The van der Waals surface area contributed by atoms with Gasteiger partial charge >= 0.3 is 5.97 Å². The smallest absolute Gasteiger partial charge is 0.317 e. The molecule has 0 aromatic heterocycles. The van der Waals surface area contributed by atoms with E-state index in [1.54, 1.807) is 0 Å². The minimum atomic E-state index is -0.868. The second kappa shape index (κ2) is 12.1. The predicted molar refractivity (Wildman–Crippen MR) is 148 cm³/mol. The summed E-state index contributed by atoms with van der Waals surface area (Å²) in [5.74, 6) is 1.77. The van der Waals surface area contributed by atoms with Gasteiger partial charge in [0.15, 0.2) is 0 Å². The van der Waals surface area contributed by atoms with Crippen molar-refractivity contribution in [3.8, 4) is 5.75 Å². The van der Waals surface area contributed by atoms with Crippen molar-refractivity contribution in [1.29, 1.82) is 0 Å². The molecular weight excluding hydrogens is 466 g/mol. The molecule has 3 N–H and O–H groups in total. The second-order valence-electron chi connectivity index (χ2n) is 11.0. The van der Waals surface area contributed by atoms with Crippen LogP contribution in [0.4, 0.5) is 0 Å². The lowest BCUT2D eigenvalue weighted by molar-refractivity contribution is -0.135. The second-order valence-corrected chi connectivity index (χ2v) is 11.0. The molecule has 3 rings (SSSR count). The van der Waals surface area contributed by atoms with Crippen LogP contribution < -0.4 is 10.1 Å². The van der Waals surface area contributed by atoms with Gasteiger partial charge in [0, 0.05) is 12.5 Å². The van der Waals surface area contributed by atoms with Crippen LogP contribution >= 0.6 is 0 Å². The molecule has 2 bridgehead atoms. The Labute approximate surface area is 221 Å². The van der Waals surface area contributed by atoms with E-state index in [-0.39, 0.29) is 29.9 Å². The van der Waals surface area contributed by atoms with Gasteiger partial charge in [-0.2, -0.15) is 0 Å². The average molecular weight is 510 g/mol. The van der Waals surface area contributed by atoms with Crippen LogP contribution in [-0.2, 0) is 21.4 Å². The van der Waals surface area contributed by atoms with E-state index < -0.39 is 12.1 Å². The van der Waals surface area contributed by atoms with Gasteiger partial charge < -0.3 is 25.0 Å². The van der Waals surface area contributed by atoms with E-state index in [1.807, 2.05) is 39.0 Å². The quantitative estimate of drug-likeness (QED) is 0.336. The number of nitrogens with one attached hydrogen (secondary N) is 1. The fourth-order valence-electron chi connectivity index (χ4n) is 4.84. The molecule has 0 amide bonds. The van der Waals surface area contributed by atoms with Crippen LogP contribution in [0.2, 0.25) is 0 Å². The Balaban J connectivity index is 1.88. The van der Waals surface area contributed by atoms with Gasteiger partial charge in [-0.15, -0.1) is 0 Å². The summed E-state index contributed by atoms with van der Waals surface area (Å²) in [5, 5.41) is 22.3. The summed E-state index contributed by atoms with van der Waals surface area (Å²) in [6.07, 6.45) is 12.4. The first-order valence-electron chi connectivity index (χ1n) is 13.4. The van der Waals surface area contributed by atoms with Crippen molar-refractivity contribution in [3.05, 3.63) is 76.8 Å². The molecule has 202 valence electrons. The molecule has 1 aliphatic heterocycles. The summed E-state index contributed by atoms with van der Waals surface area (Å²) >= 11 is 0. The summed E-state index contributed by atoms with van der Waals surface area (Å²) in [6.45, 7) is 13.2. The number of carbonyl (C=O) groups is 1. The van der Waals surface area contributed by atoms with E-state index in [2.05, 4.69) is 56.4 Å². The maximum absolute atomic E-state index is 10.9. The van der Waals surface area contributed by atoms with Crippen LogP contribution in [0, 0.1) is 11.3 Å². The van der Waals surface area contributed by atoms with Crippen LogP contribution in [-0.4, -0.2) is 42.0 Å². The fourth-order valence-corrected chi connectivity index (χ4v) is 4.84. The molecule has 0 radical (unpaired) electrons. The van der Waals surface area contributed by atoms with Gasteiger partial charge in [-0.3, -0.25) is 4.79 Å². The van der Waals surface area contributed by atoms with Gasteiger partial charge in [-0.25, -0.2) is 0 Å². The first kappa shape index (κ1) is 28.7. The van der Waals surface area contributed by atoms with Crippen molar-refractivity contribution < 1.29 is 24.5 Å². The van der Waals surface area contributed by atoms with Crippen molar-refractivity contribution in [2.45, 2.75) is 72.3 Å². The first-order valence-corrected chi connectivity index (χ1v) is 13.4. The van der Waals surface area contributed by atoms with Crippen molar-refractivity contribution in [1.82, 2.24) is 5.32 Å². The molecular formula is C31H43NO5. The van der Waals surface area contributed by atoms with Crippen molar-refractivity contribution in [2.24, 2.45) is 11.3 Å². The number of fused-ring (bicyclic) bond motifs is 1. The van der Waals surface area contributed by atoms with Crippen LogP contribution in [0.1, 0.15) is 65.5 Å². The standard InChI is InChI=1S/C31H43NO5/c1-7-23-17-24(11-13-26(23)36-20-27(33)30(4,5)6)31(8-2,9-3)28-16-22-14-21(18-32-19-29(34)35)10-12-25(15-22)37-28/h10-17,22,27,32-33H,7-9,18-20H2,1-6H3,(H,34,35). The lowest BCUT2D eigenvalue weighted by atomic mass is 9.72. The van der Waals surface area contributed by atoms with E-state index in [9.17, 15) is 9.90 Å². The summed E-state index contributed by atoms with van der Waals surface area (Å²) in [7, 11) is 0. The topological polar surface area (TPSA) is 88.0 Å². The van der Waals surface area contributed by atoms with Crippen LogP contribution in [0.15, 0.2) is 65.7 Å². The zero-order chi connectivity index (χ0) is 27.2. The van der Waals surface area contributed by atoms with Gasteiger partial charge in [-0.1, -0.05) is 65.8 Å². The van der Waals surface area contributed by atoms with Crippen molar-refractivity contribution in [2.75, 3.05) is 19.7 Å². The number of hydrogen-bond acceptors (Lipinski definition) is 5. The zero-order valence-electron chi connectivity index (χ0n) is 23.1. The molecule has 0 saturated carbocycles. The number of aliphatic hydroxyl groups excluding tert-OH is 1. The van der Waals surface area contributed by atoms with E-state index in [0.29, 0.717) is 6.54 Å². The number of allylic oxidation sites excluding steroid dienone is 5. The molecule has 6 nitrogen and oxygen atoms in total. The molecule has 1 aliphatic carbocycles. The highest BCUT2D eigenvalue weighted by Gasteiger charge is 2.37. The Hall–Kier alpha value is -2.83. The molecule has 0 saturated heterocycles. The summed E-state index contributed by atoms with van der Waals surface area (Å²) in [5.41, 5.74) is 2.81. The highest BCUT2D eigenvalue weighted by molar-refractivity contribution is 5.69. The van der Waals surface area contributed by atoms with Gasteiger partial charge in [0.2, 0.25) is 0 Å². The van der Waals surface area contributed by atoms with Crippen LogP contribution in [0.25, 0.3) is 0 Å².